The largest absolute Gasteiger partial charge is 0.386 e. The minimum atomic E-state index is -0.404. The third-order valence-electron chi connectivity index (χ3n) is 1.30. The number of aliphatic imine (C=N–C) groups is 1. The van der Waals surface area contributed by atoms with Crippen LogP contribution in [0, 0.1) is 10.8 Å². The Morgan fingerprint density at radius 2 is 1.82 bits per heavy atom. The molecule has 0 aromatic rings. The van der Waals surface area contributed by atoms with Gasteiger partial charge in [0, 0.05) is 0 Å². The molecule has 0 aromatic heterocycles. The summed E-state index contributed by atoms with van der Waals surface area (Å²) in [6.45, 7) is 0. The highest BCUT2D eigenvalue weighted by molar-refractivity contribution is 9.11. The average Bonchev–Trinajstić information content (AvgIpc) is 1.97. The molecule has 0 amide bonds. The molecule has 4 N–H and O–H groups in total. The van der Waals surface area contributed by atoms with Crippen LogP contribution >= 0.6 is 31.9 Å². The van der Waals surface area contributed by atoms with Crippen molar-refractivity contribution < 1.29 is 0 Å². The maximum absolute atomic E-state index is 7.47. The van der Waals surface area contributed by atoms with E-state index < -0.39 is 4.83 Å². The molecule has 0 aromatic carbocycles. The van der Waals surface area contributed by atoms with Gasteiger partial charge in [-0.1, -0.05) is 31.9 Å². The zero-order valence-electron chi connectivity index (χ0n) is 5.44. The van der Waals surface area contributed by atoms with Crippen molar-refractivity contribution in [3.63, 3.8) is 0 Å². The van der Waals surface area contributed by atoms with Crippen LogP contribution < -0.4 is 5.73 Å². The average molecular weight is 282 g/mol. The fraction of sp³-hybridized carbons (Fsp3) is 0.400. The zero-order chi connectivity index (χ0) is 8.59. The second-order valence-electron chi connectivity index (χ2n) is 2.10. The van der Waals surface area contributed by atoms with Gasteiger partial charge in [0.05, 0.1) is 5.71 Å². The summed E-state index contributed by atoms with van der Waals surface area (Å²) in [4.78, 5) is 3.00. The van der Waals surface area contributed by atoms with Gasteiger partial charge >= 0.3 is 0 Å². The minimum absolute atomic E-state index is 0.0863. The Bertz CT molecular complexity index is 247. The van der Waals surface area contributed by atoms with Crippen LogP contribution in [0.15, 0.2) is 4.99 Å². The molecule has 0 saturated heterocycles. The van der Waals surface area contributed by atoms with Crippen LogP contribution in [0.2, 0.25) is 0 Å². The highest BCUT2D eigenvalue weighted by Gasteiger charge is 2.29. The predicted octanol–water partition coefficient (Wildman–Crippen LogP) is 0.881. The van der Waals surface area contributed by atoms with Crippen LogP contribution in [0.4, 0.5) is 0 Å². The Balaban J connectivity index is 3.01. The summed E-state index contributed by atoms with van der Waals surface area (Å²) >= 11 is 6.33. The van der Waals surface area contributed by atoms with Crippen molar-refractivity contribution in [2.75, 3.05) is 0 Å². The maximum atomic E-state index is 7.47. The highest BCUT2D eigenvalue weighted by Crippen LogP contribution is 2.17. The molecule has 0 radical (unpaired) electrons. The number of nitrogens with one attached hydrogen (secondary N) is 2. The third kappa shape index (κ3) is 1.51. The Kier molecular flexibility index (Phi) is 2.43. The summed E-state index contributed by atoms with van der Waals surface area (Å²) in [6, 6.07) is 0. The van der Waals surface area contributed by atoms with Gasteiger partial charge < -0.3 is 11.1 Å². The molecule has 6 heteroatoms. The van der Waals surface area contributed by atoms with E-state index >= 15 is 0 Å². The van der Waals surface area contributed by atoms with Gasteiger partial charge in [-0.25, -0.2) is 4.99 Å². The lowest BCUT2D eigenvalue weighted by atomic mass is 10.1. The van der Waals surface area contributed by atoms with E-state index in [4.69, 9.17) is 16.6 Å². The molecule has 1 aliphatic rings. The van der Waals surface area contributed by atoms with E-state index in [1.807, 2.05) is 0 Å². The lowest BCUT2D eigenvalue weighted by Gasteiger charge is -2.20. The fourth-order valence-corrected chi connectivity index (χ4v) is 1.78. The molecular weight excluding hydrogens is 276 g/mol. The van der Waals surface area contributed by atoms with Crippen molar-refractivity contribution in [2.45, 2.75) is 9.65 Å². The third-order valence-corrected chi connectivity index (χ3v) is 3.18. The number of amidine groups is 2. The van der Waals surface area contributed by atoms with Crippen molar-refractivity contribution in [1.82, 2.24) is 0 Å². The SMILES string of the molecule is N=C1N=C(N)C(Br)C(=N)C1Br. The monoisotopic (exact) mass is 280 g/mol. The smallest absolute Gasteiger partial charge is 0.142 e. The van der Waals surface area contributed by atoms with Crippen LogP contribution in [-0.2, 0) is 0 Å². The van der Waals surface area contributed by atoms with Gasteiger partial charge in [0.15, 0.2) is 0 Å². The summed E-state index contributed by atoms with van der Waals surface area (Å²) in [7, 11) is 0. The van der Waals surface area contributed by atoms with Crippen molar-refractivity contribution in [2.24, 2.45) is 10.7 Å². The quantitative estimate of drug-likeness (QED) is 0.566. The number of hydrogen-bond donors (Lipinski definition) is 3. The lowest BCUT2D eigenvalue weighted by molar-refractivity contribution is 1.24. The summed E-state index contributed by atoms with van der Waals surface area (Å²) in [5, 5.41) is 14.7. The first-order valence-electron chi connectivity index (χ1n) is 2.83. The Hall–Kier alpha value is -0.230. The second-order valence-corrected chi connectivity index (χ2v) is 3.93. The molecule has 0 fully saturated rings. The van der Waals surface area contributed by atoms with Crippen LogP contribution in [0.1, 0.15) is 0 Å². The molecule has 11 heavy (non-hydrogen) atoms. The lowest BCUT2D eigenvalue weighted by Crippen LogP contribution is -2.43. The van der Waals surface area contributed by atoms with Crippen molar-refractivity contribution >= 4 is 49.2 Å². The number of alkyl halides is 2. The standard InChI is InChI=1S/C5H6Br2N4/c6-1-3(8)2(7)5(10)11-4(1)9/h1-2,8H,(H3,9,10,11). The van der Waals surface area contributed by atoms with Crippen LogP contribution in [0.3, 0.4) is 0 Å². The molecule has 1 heterocycles. The van der Waals surface area contributed by atoms with Gasteiger partial charge in [-0.2, -0.15) is 0 Å². The molecule has 1 rings (SSSR count). The predicted molar refractivity (Wildman–Crippen MR) is 52.5 cm³/mol. The molecule has 4 nitrogen and oxygen atoms in total. The molecule has 1 aliphatic heterocycles. The number of nitrogens with two attached hydrogens (primary N) is 1. The number of halogens is 2. The molecule has 2 unspecified atom stereocenters. The van der Waals surface area contributed by atoms with Gasteiger partial charge in [0.2, 0.25) is 0 Å². The van der Waals surface area contributed by atoms with E-state index in [-0.39, 0.29) is 16.5 Å². The van der Waals surface area contributed by atoms with Crippen LogP contribution in [-0.4, -0.2) is 27.0 Å². The molecule has 0 spiro atoms. The van der Waals surface area contributed by atoms with E-state index in [1.165, 1.54) is 0 Å². The van der Waals surface area contributed by atoms with Gasteiger partial charge in [0.25, 0.3) is 0 Å². The van der Waals surface area contributed by atoms with Crippen molar-refractivity contribution in [3.8, 4) is 0 Å². The number of hydrogen-bond acceptors (Lipinski definition) is 3. The summed E-state index contributed by atoms with van der Waals surface area (Å²) < 4.78 is 0. The maximum Gasteiger partial charge on any atom is 0.142 e. The Morgan fingerprint density at radius 1 is 1.27 bits per heavy atom. The minimum Gasteiger partial charge on any atom is -0.386 e. The van der Waals surface area contributed by atoms with Gasteiger partial charge in [-0.05, 0) is 0 Å². The Labute approximate surface area is 80.5 Å². The molecule has 0 bridgehead atoms. The molecular formula is C5H6Br2N4. The van der Waals surface area contributed by atoms with Crippen LogP contribution in [0.25, 0.3) is 0 Å². The summed E-state index contributed by atoms with van der Waals surface area (Å²) in [5.41, 5.74) is 5.74. The summed E-state index contributed by atoms with van der Waals surface area (Å²) in [6.07, 6.45) is 0. The normalized spacial score (nSPS) is 32.0. The highest BCUT2D eigenvalue weighted by atomic mass is 79.9. The topological polar surface area (TPSA) is 86.1 Å². The van der Waals surface area contributed by atoms with E-state index in [0.29, 0.717) is 5.71 Å². The number of rotatable bonds is 0. The van der Waals surface area contributed by atoms with E-state index in [2.05, 4.69) is 36.9 Å². The summed E-state index contributed by atoms with van der Waals surface area (Å²) in [5.74, 6) is 0.360. The molecule has 2 atom stereocenters. The van der Waals surface area contributed by atoms with E-state index in [9.17, 15) is 0 Å². The van der Waals surface area contributed by atoms with Gasteiger partial charge in [0.1, 0.15) is 21.3 Å². The molecule has 60 valence electrons. The first kappa shape index (κ1) is 8.86. The molecule has 0 saturated carbocycles. The fourth-order valence-electron chi connectivity index (χ4n) is 0.688. The first-order chi connectivity index (χ1) is 5.04. The van der Waals surface area contributed by atoms with Gasteiger partial charge in [-0.3, -0.25) is 5.41 Å². The van der Waals surface area contributed by atoms with Crippen molar-refractivity contribution in [1.29, 1.82) is 10.8 Å². The van der Waals surface area contributed by atoms with E-state index in [0.717, 1.165) is 0 Å². The number of nitrogens with zero attached hydrogens (tertiary/aromatic N) is 1. The Morgan fingerprint density at radius 3 is 2.36 bits per heavy atom. The zero-order valence-corrected chi connectivity index (χ0v) is 8.61. The van der Waals surface area contributed by atoms with Crippen molar-refractivity contribution in [3.05, 3.63) is 0 Å². The van der Waals surface area contributed by atoms with Crippen LogP contribution in [0.5, 0.6) is 0 Å². The van der Waals surface area contributed by atoms with E-state index in [1.54, 1.807) is 0 Å². The second kappa shape index (κ2) is 3.02. The van der Waals surface area contributed by atoms with Gasteiger partial charge in [-0.15, -0.1) is 0 Å². The first-order valence-corrected chi connectivity index (χ1v) is 4.66. The molecule has 0 aliphatic carbocycles.